The highest BCUT2D eigenvalue weighted by atomic mass is 19.1. The maximum Gasteiger partial charge on any atom is 0.314 e. The Bertz CT molecular complexity index is 555. The summed E-state index contributed by atoms with van der Waals surface area (Å²) in [5.74, 6) is -0.534. The molecule has 1 aromatic rings. The van der Waals surface area contributed by atoms with Crippen LogP contribution in [0.15, 0.2) is 24.3 Å². The normalized spacial score (nSPS) is 20.6. The summed E-state index contributed by atoms with van der Waals surface area (Å²) in [6.07, 6.45) is 3.63. The minimum absolute atomic E-state index is 0.164. The molecule has 1 aliphatic heterocycles. The van der Waals surface area contributed by atoms with Crippen molar-refractivity contribution in [1.82, 2.24) is 4.90 Å². The maximum atomic E-state index is 13.7. The quantitative estimate of drug-likeness (QED) is 0.751. The number of primary amides is 1. The first-order valence-electron chi connectivity index (χ1n) is 8.49. The van der Waals surface area contributed by atoms with Gasteiger partial charge in [0, 0.05) is 32.7 Å². The number of hydrogen-bond acceptors (Lipinski definition) is 3. The number of nitrogens with two attached hydrogens (primary N) is 1. The molecule has 3 N–H and O–H groups in total. The third kappa shape index (κ3) is 4.45. The number of nitrogens with zero attached hydrogens (tertiary/aromatic N) is 1. The van der Waals surface area contributed by atoms with E-state index < -0.39 is 11.6 Å². The van der Waals surface area contributed by atoms with Crippen LogP contribution >= 0.6 is 0 Å². The zero-order chi connectivity index (χ0) is 17.6. The van der Waals surface area contributed by atoms with E-state index in [1.807, 2.05) is 0 Å². The van der Waals surface area contributed by atoms with Crippen LogP contribution in [0.2, 0.25) is 0 Å². The summed E-state index contributed by atoms with van der Waals surface area (Å²) in [6.45, 7) is 1.62. The predicted octanol–water partition coefficient (Wildman–Crippen LogP) is 2.62. The molecule has 2 atom stereocenters. The number of urea groups is 1. The Kier molecular flexibility index (Phi) is 6.57. The van der Waals surface area contributed by atoms with E-state index >= 15 is 0 Å². The molecule has 1 saturated heterocycles. The van der Waals surface area contributed by atoms with E-state index in [-0.39, 0.29) is 11.7 Å². The fourth-order valence-electron chi connectivity index (χ4n) is 3.55. The van der Waals surface area contributed by atoms with Crippen LogP contribution in [0.5, 0.6) is 0 Å². The first kappa shape index (κ1) is 18.7. The summed E-state index contributed by atoms with van der Waals surface area (Å²) in [6, 6.07) is 5.65. The first-order chi connectivity index (χ1) is 11.5. The molecule has 134 valence electrons. The highest BCUT2D eigenvalue weighted by Crippen LogP contribution is 2.39. The van der Waals surface area contributed by atoms with Crippen molar-refractivity contribution >= 4 is 6.03 Å². The second-order valence-electron chi connectivity index (χ2n) is 6.51. The van der Waals surface area contributed by atoms with Gasteiger partial charge in [-0.2, -0.15) is 0 Å². The Hall–Kier alpha value is -1.66. The van der Waals surface area contributed by atoms with Crippen molar-refractivity contribution in [3.05, 3.63) is 35.6 Å². The molecule has 0 aliphatic carbocycles. The van der Waals surface area contributed by atoms with Crippen LogP contribution in [0, 0.1) is 11.7 Å². The molecule has 1 aliphatic rings. The van der Waals surface area contributed by atoms with Crippen molar-refractivity contribution in [3.8, 4) is 0 Å². The summed E-state index contributed by atoms with van der Waals surface area (Å²) in [7, 11) is 1.64. The molecule has 0 radical (unpaired) electrons. The van der Waals surface area contributed by atoms with Crippen molar-refractivity contribution in [3.63, 3.8) is 0 Å². The Morgan fingerprint density at radius 3 is 2.96 bits per heavy atom. The van der Waals surface area contributed by atoms with Gasteiger partial charge in [-0.15, -0.1) is 0 Å². The van der Waals surface area contributed by atoms with Crippen molar-refractivity contribution < 1.29 is 19.0 Å². The Morgan fingerprint density at radius 2 is 2.29 bits per heavy atom. The summed E-state index contributed by atoms with van der Waals surface area (Å²) in [5.41, 5.74) is 4.79. The highest BCUT2D eigenvalue weighted by Gasteiger charge is 2.41. The fourth-order valence-corrected chi connectivity index (χ4v) is 3.55. The van der Waals surface area contributed by atoms with E-state index in [2.05, 4.69) is 0 Å². The maximum absolute atomic E-state index is 13.7. The number of carbonyl (C=O) groups is 1. The van der Waals surface area contributed by atoms with E-state index in [0.717, 1.165) is 25.7 Å². The molecule has 2 rings (SSSR count). The van der Waals surface area contributed by atoms with Gasteiger partial charge < -0.3 is 20.5 Å². The second-order valence-corrected chi connectivity index (χ2v) is 6.51. The van der Waals surface area contributed by atoms with Crippen LogP contribution in [0.25, 0.3) is 0 Å². The molecule has 2 amide bonds. The molecule has 1 aromatic carbocycles. The van der Waals surface area contributed by atoms with Crippen LogP contribution in [-0.2, 0) is 10.3 Å². The Balaban J connectivity index is 2.22. The summed E-state index contributed by atoms with van der Waals surface area (Å²) < 4.78 is 18.8. The average Bonchev–Trinajstić information content (AvgIpc) is 2.58. The highest BCUT2D eigenvalue weighted by molar-refractivity contribution is 5.72. The van der Waals surface area contributed by atoms with Gasteiger partial charge in [0.05, 0.1) is 5.60 Å². The molecule has 6 heteroatoms. The number of halogens is 1. The van der Waals surface area contributed by atoms with Gasteiger partial charge in [-0.3, -0.25) is 0 Å². The van der Waals surface area contributed by atoms with Crippen molar-refractivity contribution in [1.29, 1.82) is 0 Å². The standard InChI is InChI=1S/C18H27FN2O3/c1-24-11-3-2-9-18(23,14-6-4-8-16(19)12-14)15-7-5-10-21(13-15)17(20)22/h4,6,8,12,15,23H,2-3,5,7,9-11,13H2,1H3,(H2,20,22). The van der Waals surface area contributed by atoms with Crippen LogP contribution in [0.4, 0.5) is 9.18 Å². The van der Waals surface area contributed by atoms with E-state index in [0.29, 0.717) is 31.7 Å². The van der Waals surface area contributed by atoms with Gasteiger partial charge in [-0.1, -0.05) is 12.1 Å². The molecule has 0 spiro atoms. The van der Waals surface area contributed by atoms with Crippen molar-refractivity contribution in [2.75, 3.05) is 26.8 Å². The number of amides is 2. The SMILES string of the molecule is COCCCCC(O)(c1cccc(F)c1)C1CCCN(C(N)=O)C1. The lowest BCUT2D eigenvalue weighted by Gasteiger charge is -2.42. The zero-order valence-corrected chi connectivity index (χ0v) is 14.2. The molecule has 1 fully saturated rings. The van der Waals surface area contributed by atoms with Gasteiger partial charge in [-0.05, 0) is 49.8 Å². The van der Waals surface area contributed by atoms with Crippen LogP contribution in [0.1, 0.15) is 37.7 Å². The third-order valence-corrected chi connectivity index (χ3v) is 4.89. The molecule has 0 aromatic heterocycles. The number of benzene rings is 1. The lowest BCUT2D eigenvalue weighted by molar-refractivity contribution is -0.0561. The number of ether oxygens (including phenoxy) is 1. The molecule has 2 unspecified atom stereocenters. The summed E-state index contributed by atoms with van der Waals surface area (Å²) in [5, 5.41) is 11.4. The van der Waals surface area contributed by atoms with Crippen LogP contribution in [0.3, 0.4) is 0 Å². The monoisotopic (exact) mass is 338 g/mol. The number of unbranched alkanes of at least 4 members (excludes halogenated alkanes) is 1. The molecular formula is C18H27FN2O3. The van der Waals surface area contributed by atoms with Crippen molar-refractivity contribution in [2.24, 2.45) is 11.7 Å². The largest absolute Gasteiger partial charge is 0.385 e. The average molecular weight is 338 g/mol. The van der Waals surface area contributed by atoms with E-state index in [1.165, 1.54) is 12.1 Å². The topological polar surface area (TPSA) is 75.8 Å². The second kappa shape index (κ2) is 8.44. The smallest absolute Gasteiger partial charge is 0.314 e. The predicted molar refractivity (Wildman–Crippen MR) is 89.9 cm³/mol. The molecular weight excluding hydrogens is 311 g/mol. The lowest BCUT2D eigenvalue weighted by Crippen LogP contribution is -2.49. The van der Waals surface area contributed by atoms with Crippen molar-refractivity contribution in [2.45, 2.75) is 37.7 Å². The minimum Gasteiger partial charge on any atom is -0.385 e. The van der Waals surface area contributed by atoms with Gasteiger partial charge in [-0.25, -0.2) is 9.18 Å². The van der Waals surface area contributed by atoms with Gasteiger partial charge in [0.15, 0.2) is 0 Å². The molecule has 1 heterocycles. The number of likely N-dealkylation sites (tertiary alicyclic amines) is 1. The molecule has 5 nitrogen and oxygen atoms in total. The number of carbonyl (C=O) groups excluding carboxylic acids is 1. The van der Waals surface area contributed by atoms with Gasteiger partial charge in [0.25, 0.3) is 0 Å². The molecule has 0 saturated carbocycles. The first-order valence-corrected chi connectivity index (χ1v) is 8.49. The number of rotatable bonds is 7. The van der Waals surface area contributed by atoms with Gasteiger partial charge >= 0.3 is 6.03 Å². The van der Waals surface area contributed by atoms with E-state index in [9.17, 15) is 14.3 Å². The Morgan fingerprint density at radius 1 is 1.50 bits per heavy atom. The van der Waals surface area contributed by atoms with Gasteiger partial charge in [0.1, 0.15) is 5.82 Å². The van der Waals surface area contributed by atoms with E-state index in [1.54, 1.807) is 24.1 Å². The van der Waals surface area contributed by atoms with Crippen LogP contribution in [-0.4, -0.2) is 42.8 Å². The Labute approximate surface area is 142 Å². The van der Waals surface area contributed by atoms with Gasteiger partial charge in [0.2, 0.25) is 0 Å². The molecule has 24 heavy (non-hydrogen) atoms. The fraction of sp³-hybridized carbons (Fsp3) is 0.611. The van der Waals surface area contributed by atoms with Crippen LogP contribution < -0.4 is 5.73 Å². The van der Waals surface area contributed by atoms with E-state index in [4.69, 9.17) is 10.5 Å². The lowest BCUT2D eigenvalue weighted by atomic mass is 9.74. The number of hydrogen-bond donors (Lipinski definition) is 2. The number of methoxy groups -OCH3 is 1. The third-order valence-electron chi connectivity index (χ3n) is 4.89. The summed E-state index contributed by atoms with van der Waals surface area (Å²) >= 11 is 0. The molecule has 0 bridgehead atoms. The summed E-state index contributed by atoms with van der Waals surface area (Å²) in [4.78, 5) is 13.1. The number of aliphatic hydroxyl groups is 1. The number of piperidine rings is 1. The zero-order valence-electron chi connectivity index (χ0n) is 14.2. The minimum atomic E-state index is -1.18.